The Morgan fingerprint density at radius 2 is 2.19 bits per heavy atom. The number of carbonyl (C=O) groups excluding carboxylic acids is 1. The molecule has 0 aliphatic rings. The maximum Gasteiger partial charge on any atom is 0.227 e. The predicted molar refractivity (Wildman–Crippen MR) is 68.1 cm³/mol. The molecule has 0 radical (unpaired) electrons. The zero-order valence-corrected chi connectivity index (χ0v) is 10.8. The summed E-state index contributed by atoms with van der Waals surface area (Å²) in [7, 11) is 0. The Balaban J connectivity index is 2.62. The van der Waals surface area contributed by atoms with Gasteiger partial charge in [0, 0.05) is 24.0 Å². The van der Waals surface area contributed by atoms with Crippen molar-refractivity contribution in [3.8, 4) is 0 Å². The van der Waals surface area contributed by atoms with Gasteiger partial charge >= 0.3 is 0 Å². The molecule has 0 saturated carbocycles. The number of rotatable bonds is 5. The van der Waals surface area contributed by atoms with E-state index in [1.807, 2.05) is 25.1 Å². The Morgan fingerprint density at radius 1 is 1.44 bits per heavy atom. The quantitative estimate of drug-likeness (QED) is 0.745. The fourth-order valence-electron chi connectivity index (χ4n) is 1.49. The van der Waals surface area contributed by atoms with Crippen LogP contribution in [0.4, 0.5) is 0 Å². The third-order valence-corrected chi connectivity index (χ3v) is 2.74. The molecule has 88 valence electrons. The second kappa shape index (κ2) is 6.77. The first-order valence-electron chi connectivity index (χ1n) is 5.25. The molecule has 0 aliphatic carbocycles. The number of hydrogen-bond acceptors (Lipinski definition) is 1. The van der Waals surface area contributed by atoms with Gasteiger partial charge in [0.05, 0.1) is 6.42 Å². The van der Waals surface area contributed by atoms with Gasteiger partial charge in [-0.25, -0.2) is 0 Å². The molecule has 0 N–H and O–H groups in total. The van der Waals surface area contributed by atoms with E-state index < -0.39 is 0 Å². The van der Waals surface area contributed by atoms with Gasteiger partial charge in [-0.05, 0) is 24.6 Å². The van der Waals surface area contributed by atoms with Gasteiger partial charge < -0.3 is 4.90 Å². The van der Waals surface area contributed by atoms with Crippen LogP contribution in [0.15, 0.2) is 24.3 Å². The molecular formula is C12H15Cl2NO. The molecule has 0 fully saturated rings. The Bertz CT molecular complexity index is 355. The van der Waals surface area contributed by atoms with Crippen LogP contribution in [0.5, 0.6) is 0 Å². The molecule has 0 saturated heterocycles. The van der Waals surface area contributed by atoms with Crippen molar-refractivity contribution in [2.45, 2.75) is 13.3 Å². The summed E-state index contributed by atoms with van der Waals surface area (Å²) in [5.74, 6) is 0.556. The monoisotopic (exact) mass is 259 g/mol. The van der Waals surface area contributed by atoms with Crippen molar-refractivity contribution in [1.82, 2.24) is 4.90 Å². The van der Waals surface area contributed by atoms with Gasteiger partial charge in [0.15, 0.2) is 0 Å². The van der Waals surface area contributed by atoms with Crippen LogP contribution in [0.2, 0.25) is 5.02 Å². The number of likely N-dealkylation sites (N-methyl/N-ethyl adjacent to an activating group) is 1. The number of benzene rings is 1. The van der Waals surface area contributed by atoms with Gasteiger partial charge in [-0.1, -0.05) is 23.7 Å². The number of carbonyl (C=O) groups is 1. The van der Waals surface area contributed by atoms with E-state index in [0.29, 0.717) is 30.4 Å². The minimum absolute atomic E-state index is 0.0883. The van der Waals surface area contributed by atoms with E-state index in [1.54, 1.807) is 11.0 Å². The van der Waals surface area contributed by atoms with Crippen molar-refractivity contribution in [3.05, 3.63) is 34.9 Å². The molecule has 16 heavy (non-hydrogen) atoms. The van der Waals surface area contributed by atoms with Crippen molar-refractivity contribution >= 4 is 29.1 Å². The third-order valence-electron chi connectivity index (χ3n) is 2.33. The van der Waals surface area contributed by atoms with Gasteiger partial charge in [-0.2, -0.15) is 0 Å². The summed E-state index contributed by atoms with van der Waals surface area (Å²) in [6.45, 7) is 3.23. The van der Waals surface area contributed by atoms with Crippen LogP contribution in [-0.4, -0.2) is 29.8 Å². The number of hydrogen-bond donors (Lipinski definition) is 0. The summed E-state index contributed by atoms with van der Waals surface area (Å²) in [5, 5.41) is 0.658. The highest BCUT2D eigenvalue weighted by atomic mass is 35.5. The lowest BCUT2D eigenvalue weighted by Gasteiger charge is -2.19. The molecule has 1 aromatic carbocycles. The molecule has 4 heteroatoms. The minimum atomic E-state index is 0.0883. The molecular weight excluding hydrogens is 245 g/mol. The molecule has 0 unspecified atom stereocenters. The van der Waals surface area contributed by atoms with Crippen LogP contribution in [0.3, 0.4) is 0 Å². The van der Waals surface area contributed by atoms with Crippen LogP contribution >= 0.6 is 23.2 Å². The molecule has 0 aromatic heterocycles. The molecule has 1 aromatic rings. The van der Waals surface area contributed by atoms with Gasteiger partial charge in [0.25, 0.3) is 0 Å². The first-order chi connectivity index (χ1) is 7.67. The Labute approximate surface area is 106 Å². The summed E-state index contributed by atoms with van der Waals surface area (Å²) in [6.07, 6.45) is 0.380. The Hall–Kier alpha value is -0.730. The zero-order valence-electron chi connectivity index (χ0n) is 9.25. The van der Waals surface area contributed by atoms with E-state index in [1.165, 1.54) is 0 Å². The number of alkyl halides is 1. The van der Waals surface area contributed by atoms with Gasteiger partial charge in [0.2, 0.25) is 5.91 Å². The van der Waals surface area contributed by atoms with E-state index in [2.05, 4.69) is 0 Å². The SMILES string of the molecule is CCN(CCCl)C(=O)Cc1cccc(Cl)c1. The summed E-state index contributed by atoms with van der Waals surface area (Å²) < 4.78 is 0. The maximum absolute atomic E-state index is 11.9. The topological polar surface area (TPSA) is 20.3 Å². The lowest BCUT2D eigenvalue weighted by atomic mass is 10.1. The summed E-state index contributed by atoms with van der Waals surface area (Å²) in [4.78, 5) is 13.6. The molecule has 0 heterocycles. The molecule has 1 amide bonds. The van der Waals surface area contributed by atoms with Crippen LogP contribution in [-0.2, 0) is 11.2 Å². The molecule has 0 spiro atoms. The first-order valence-corrected chi connectivity index (χ1v) is 6.16. The second-order valence-electron chi connectivity index (χ2n) is 3.47. The zero-order chi connectivity index (χ0) is 12.0. The third kappa shape index (κ3) is 4.03. The van der Waals surface area contributed by atoms with E-state index in [9.17, 15) is 4.79 Å². The Morgan fingerprint density at radius 3 is 2.75 bits per heavy atom. The number of nitrogens with zero attached hydrogens (tertiary/aromatic N) is 1. The fourth-order valence-corrected chi connectivity index (χ4v) is 1.91. The van der Waals surface area contributed by atoms with Crippen LogP contribution in [0.1, 0.15) is 12.5 Å². The molecule has 0 bridgehead atoms. The molecule has 1 rings (SSSR count). The largest absolute Gasteiger partial charge is 0.341 e. The van der Waals surface area contributed by atoms with Crippen molar-refractivity contribution in [1.29, 1.82) is 0 Å². The summed E-state index contributed by atoms with van der Waals surface area (Å²) in [5.41, 5.74) is 0.936. The Kier molecular flexibility index (Phi) is 5.64. The van der Waals surface area contributed by atoms with Crippen molar-refractivity contribution in [3.63, 3.8) is 0 Å². The van der Waals surface area contributed by atoms with E-state index in [4.69, 9.17) is 23.2 Å². The van der Waals surface area contributed by atoms with E-state index in [0.717, 1.165) is 5.56 Å². The van der Waals surface area contributed by atoms with Crippen molar-refractivity contribution < 1.29 is 4.79 Å². The van der Waals surface area contributed by atoms with E-state index in [-0.39, 0.29) is 5.91 Å². The molecule has 2 nitrogen and oxygen atoms in total. The maximum atomic E-state index is 11.9. The minimum Gasteiger partial charge on any atom is -0.341 e. The van der Waals surface area contributed by atoms with Crippen molar-refractivity contribution in [2.75, 3.05) is 19.0 Å². The highest BCUT2D eigenvalue weighted by Crippen LogP contribution is 2.12. The average molecular weight is 260 g/mol. The lowest BCUT2D eigenvalue weighted by Crippen LogP contribution is -2.33. The summed E-state index contributed by atoms with van der Waals surface area (Å²) in [6, 6.07) is 7.36. The van der Waals surface area contributed by atoms with Crippen LogP contribution in [0, 0.1) is 0 Å². The number of halogens is 2. The van der Waals surface area contributed by atoms with Crippen LogP contribution < -0.4 is 0 Å². The standard InChI is InChI=1S/C12H15Cl2NO/c1-2-15(7-6-13)12(16)9-10-4-3-5-11(14)8-10/h3-5,8H,2,6-7,9H2,1H3. The highest BCUT2D eigenvalue weighted by molar-refractivity contribution is 6.30. The van der Waals surface area contributed by atoms with E-state index >= 15 is 0 Å². The fraction of sp³-hybridized carbons (Fsp3) is 0.417. The average Bonchev–Trinajstić information content (AvgIpc) is 2.25. The van der Waals surface area contributed by atoms with Crippen molar-refractivity contribution in [2.24, 2.45) is 0 Å². The normalized spacial score (nSPS) is 10.2. The van der Waals surface area contributed by atoms with Gasteiger partial charge in [-0.3, -0.25) is 4.79 Å². The predicted octanol–water partition coefficient (Wildman–Crippen LogP) is 2.97. The molecule has 0 atom stereocenters. The first kappa shape index (κ1) is 13.3. The smallest absolute Gasteiger partial charge is 0.227 e. The number of amides is 1. The summed E-state index contributed by atoms with van der Waals surface area (Å²) >= 11 is 11.5. The second-order valence-corrected chi connectivity index (χ2v) is 4.28. The lowest BCUT2D eigenvalue weighted by molar-refractivity contribution is -0.130. The van der Waals surface area contributed by atoms with Gasteiger partial charge in [-0.15, -0.1) is 11.6 Å². The van der Waals surface area contributed by atoms with Crippen LogP contribution in [0.25, 0.3) is 0 Å². The van der Waals surface area contributed by atoms with Gasteiger partial charge in [0.1, 0.15) is 0 Å². The highest BCUT2D eigenvalue weighted by Gasteiger charge is 2.11. The molecule has 0 aliphatic heterocycles.